The maximum absolute atomic E-state index is 13.4. The van der Waals surface area contributed by atoms with Crippen LogP contribution in [0, 0.1) is 12.8 Å². The first-order valence-corrected chi connectivity index (χ1v) is 20.2. The molecule has 5 atom stereocenters. The first-order valence-electron chi connectivity index (χ1n) is 18.3. The van der Waals surface area contributed by atoms with E-state index in [2.05, 4.69) is 15.6 Å². The predicted molar refractivity (Wildman–Crippen MR) is 209 cm³/mol. The number of nitrogens with one attached hydrogen (secondary N) is 3. The molecule has 20 heteroatoms. The molecule has 1 fully saturated rings. The number of nitrogens with zero attached hydrogens (tertiary/aromatic N) is 1. The molecule has 308 valence electrons. The molecule has 0 radical (unpaired) electrons. The minimum absolute atomic E-state index is 0.0208. The highest BCUT2D eigenvalue weighted by Gasteiger charge is 2.53. The third-order valence-electron chi connectivity index (χ3n) is 10.1. The Kier molecular flexibility index (Phi) is 11.8. The monoisotopic (exact) mass is 840 g/mol. The number of anilines is 1. The molecular formula is C38H41N4O14PS. The van der Waals surface area contributed by atoms with E-state index in [9.17, 15) is 44.3 Å². The number of ether oxygens (including phenoxy) is 3. The Morgan fingerprint density at radius 1 is 1.03 bits per heavy atom. The number of H-pyrrole nitrogens is 1. The number of phenolic OH excluding ortho intramolecular Hbond substituents is 2. The zero-order chi connectivity index (χ0) is 41.4. The van der Waals surface area contributed by atoms with Gasteiger partial charge in [-0.25, -0.2) is 14.2 Å². The summed E-state index contributed by atoms with van der Waals surface area (Å²) in [5.41, 5.74) is -0.0225. The number of aromatic nitrogens is 2. The molecule has 1 aromatic heterocycles. The number of benzene rings is 3. The van der Waals surface area contributed by atoms with E-state index in [4.69, 9.17) is 35.5 Å². The third kappa shape index (κ3) is 8.39. The number of esters is 1. The maximum atomic E-state index is 13.4. The van der Waals surface area contributed by atoms with Crippen molar-refractivity contribution in [3.63, 3.8) is 0 Å². The predicted octanol–water partition coefficient (Wildman–Crippen LogP) is 3.37. The molecule has 4 heterocycles. The van der Waals surface area contributed by atoms with Crippen molar-refractivity contribution in [3.05, 3.63) is 109 Å². The number of aryl methyl sites for hydroxylation is 1. The smallest absolute Gasteiger partial charge is 0.472 e. The number of unbranched alkanes of at least 4 members (excludes halogenated alkanes) is 1. The molecule has 3 aromatic carbocycles. The molecule has 8 N–H and O–H groups in total. The highest BCUT2D eigenvalue weighted by Crippen LogP contribution is 2.57. The van der Waals surface area contributed by atoms with Gasteiger partial charge in [0.1, 0.15) is 35.3 Å². The third-order valence-corrected chi connectivity index (χ3v) is 11.3. The Labute approximate surface area is 335 Å². The van der Waals surface area contributed by atoms with Gasteiger partial charge in [-0.1, -0.05) is 12.5 Å². The molecule has 0 bridgehead atoms. The van der Waals surface area contributed by atoms with Gasteiger partial charge in [0, 0.05) is 71.8 Å². The van der Waals surface area contributed by atoms with Gasteiger partial charge in [-0.2, -0.15) is 0 Å². The van der Waals surface area contributed by atoms with Crippen LogP contribution in [-0.4, -0.2) is 84.5 Å². The van der Waals surface area contributed by atoms with Crippen molar-refractivity contribution in [1.29, 1.82) is 0 Å². The van der Waals surface area contributed by atoms with E-state index in [0.717, 1.165) is 4.57 Å². The van der Waals surface area contributed by atoms with Crippen LogP contribution in [0.15, 0.2) is 70.4 Å². The molecule has 1 spiro atoms. The number of aromatic hydroxyl groups is 2. The highest BCUT2D eigenvalue weighted by atomic mass is 32.1. The van der Waals surface area contributed by atoms with E-state index >= 15 is 0 Å². The van der Waals surface area contributed by atoms with E-state index in [0.29, 0.717) is 48.2 Å². The summed E-state index contributed by atoms with van der Waals surface area (Å²) >= 11 is 5.48. The van der Waals surface area contributed by atoms with Gasteiger partial charge in [0.05, 0.1) is 24.9 Å². The first kappa shape index (κ1) is 41.1. The van der Waals surface area contributed by atoms with Crippen LogP contribution < -0.4 is 26.6 Å². The quantitative estimate of drug-likeness (QED) is 0.0392. The number of carbonyl (C=O) groups is 1. The van der Waals surface area contributed by atoms with E-state index in [1.165, 1.54) is 37.4 Å². The van der Waals surface area contributed by atoms with Crippen molar-refractivity contribution >= 4 is 36.8 Å². The SMILES string of the molecule is Cc1cn([C@H]2C[C@H](O)[C@@H](COP(=O)(O)OCC(CO)CCCCNC(=S)Nc3ccc4c(c3)C(=O)OC43c4ccc(O)cc4Oc4cc(O)ccc43)O2)c(=O)[nH]c1=O. The summed E-state index contributed by atoms with van der Waals surface area (Å²) in [6.07, 6.45) is -0.160. The van der Waals surface area contributed by atoms with Crippen LogP contribution in [0.2, 0.25) is 0 Å². The topological polar surface area (TPSA) is 260 Å². The second kappa shape index (κ2) is 16.6. The van der Waals surface area contributed by atoms with Crippen molar-refractivity contribution in [1.82, 2.24) is 14.9 Å². The van der Waals surface area contributed by atoms with Crippen molar-refractivity contribution in [2.45, 2.75) is 56.6 Å². The Bertz CT molecular complexity index is 2350. The van der Waals surface area contributed by atoms with E-state index in [-0.39, 0.29) is 58.9 Å². The Balaban J connectivity index is 0.866. The van der Waals surface area contributed by atoms with Crippen LogP contribution >= 0.6 is 20.0 Å². The summed E-state index contributed by atoms with van der Waals surface area (Å²) in [5, 5.41) is 47.0. The summed E-state index contributed by atoms with van der Waals surface area (Å²) in [7, 11) is -4.61. The summed E-state index contributed by atoms with van der Waals surface area (Å²) < 4.78 is 41.6. The van der Waals surface area contributed by atoms with E-state index < -0.39 is 61.6 Å². The normalized spacial score (nSPS) is 20.3. The number of aromatic amines is 1. The zero-order valence-electron chi connectivity index (χ0n) is 31.0. The maximum Gasteiger partial charge on any atom is 0.472 e. The molecule has 2 unspecified atom stereocenters. The van der Waals surface area contributed by atoms with Gasteiger partial charge in [-0.3, -0.25) is 23.4 Å². The number of rotatable bonds is 14. The molecule has 0 saturated carbocycles. The van der Waals surface area contributed by atoms with Crippen molar-refractivity contribution < 1.29 is 57.9 Å². The van der Waals surface area contributed by atoms with Crippen LogP contribution in [0.1, 0.15) is 64.5 Å². The average Bonchev–Trinajstić information content (AvgIpc) is 3.69. The minimum atomic E-state index is -4.61. The molecule has 4 aromatic rings. The summed E-state index contributed by atoms with van der Waals surface area (Å²) in [6, 6.07) is 14.2. The lowest BCUT2D eigenvalue weighted by Gasteiger charge is -2.36. The van der Waals surface area contributed by atoms with Gasteiger partial charge in [0.25, 0.3) is 5.56 Å². The van der Waals surface area contributed by atoms with Gasteiger partial charge >= 0.3 is 19.5 Å². The Morgan fingerprint density at radius 2 is 1.72 bits per heavy atom. The zero-order valence-corrected chi connectivity index (χ0v) is 32.7. The van der Waals surface area contributed by atoms with Gasteiger partial charge in [-0.15, -0.1) is 0 Å². The number of phenols is 2. The minimum Gasteiger partial charge on any atom is -0.508 e. The highest BCUT2D eigenvalue weighted by molar-refractivity contribution is 7.80. The molecule has 7 rings (SSSR count). The summed E-state index contributed by atoms with van der Waals surface area (Å²) in [6.45, 7) is 0.848. The second-order valence-corrected chi connectivity index (χ2v) is 16.1. The van der Waals surface area contributed by atoms with Crippen LogP contribution in [-0.2, 0) is 28.7 Å². The Morgan fingerprint density at radius 3 is 2.41 bits per heavy atom. The second-order valence-electron chi connectivity index (χ2n) is 14.2. The molecule has 0 aliphatic carbocycles. The number of carbonyl (C=O) groups excluding carboxylic acids is 1. The van der Waals surface area contributed by atoms with Crippen molar-refractivity contribution in [3.8, 4) is 23.0 Å². The van der Waals surface area contributed by atoms with Gasteiger partial charge in [-0.05, 0) is 68.4 Å². The number of aliphatic hydroxyl groups excluding tert-OH is 2. The van der Waals surface area contributed by atoms with Crippen molar-refractivity contribution in [2.75, 3.05) is 31.7 Å². The van der Waals surface area contributed by atoms with Gasteiger partial charge in [0.2, 0.25) is 0 Å². The van der Waals surface area contributed by atoms with E-state index in [1.54, 1.807) is 30.3 Å². The molecule has 58 heavy (non-hydrogen) atoms. The van der Waals surface area contributed by atoms with Crippen LogP contribution in [0.5, 0.6) is 23.0 Å². The number of aliphatic hydroxyl groups is 2. The number of phosphoric ester groups is 1. The van der Waals surface area contributed by atoms with Crippen LogP contribution in [0.4, 0.5) is 5.69 Å². The number of phosphoric acid groups is 1. The lowest BCUT2D eigenvalue weighted by Crippen LogP contribution is -2.33. The lowest BCUT2D eigenvalue weighted by atomic mass is 9.77. The molecule has 3 aliphatic rings. The fourth-order valence-corrected chi connectivity index (χ4v) is 8.22. The number of hydrogen-bond acceptors (Lipinski definition) is 14. The van der Waals surface area contributed by atoms with Gasteiger partial charge in [0.15, 0.2) is 10.7 Å². The van der Waals surface area contributed by atoms with Crippen molar-refractivity contribution in [2.24, 2.45) is 5.92 Å². The molecule has 18 nitrogen and oxygen atoms in total. The first-order chi connectivity index (χ1) is 27.7. The number of thiocarbonyl (C=S) groups is 1. The average molecular weight is 841 g/mol. The molecule has 3 aliphatic heterocycles. The standard InChI is InChI=1S/C38H41N4O14PS/c1-20-16-42(37(49)41-34(20)47)33-15-29(46)32(55-33)19-53-57(50,51)52-18-21(17-43)4-2-3-11-39-36(58)40-22-5-8-26-25(12-22)35(48)56-38(26)27-9-6-23(44)13-30(27)54-31-14-24(45)7-10-28(31)38/h5-10,12-14,16,21,29,32-33,43-46H,2-4,11,15,17-19H2,1H3,(H,50,51)(H2,39,40,58)(H,41,47,49)/t21?,29-,32+,33+/m0/s1. The van der Waals surface area contributed by atoms with Gasteiger partial charge < -0.3 is 50.2 Å². The van der Waals surface area contributed by atoms with Crippen LogP contribution in [0.25, 0.3) is 0 Å². The Hall–Kier alpha value is -5.11. The van der Waals surface area contributed by atoms with Crippen LogP contribution in [0.3, 0.4) is 0 Å². The fourth-order valence-electron chi connectivity index (χ4n) is 7.19. The summed E-state index contributed by atoms with van der Waals surface area (Å²) in [4.78, 5) is 49.7. The molecule has 1 saturated heterocycles. The fraction of sp³-hybridized carbons (Fsp3) is 0.368. The number of fused-ring (bicyclic) bond motifs is 6. The summed E-state index contributed by atoms with van der Waals surface area (Å²) in [5.74, 6) is -0.615. The molecule has 0 amide bonds. The van der Waals surface area contributed by atoms with E-state index in [1.807, 2.05) is 0 Å². The molecular weight excluding hydrogens is 799 g/mol. The number of hydrogen-bond donors (Lipinski definition) is 8. The lowest BCUT2D eigenvalue weighted by molar-refractivity contribution is -0.0471. The largest absolute Gasteiger partial charge is 0.508 e.